The molecule has 1 aliphatic rings. The van der Waals surface area contributed by atoms with Crippen LogP contribution in [-0.4, -0.2) is 31.9 Å². The van der Waals surface area contributed by atoms with Crippen molar-refractivity contribution in [2.24, 2.45) is 5.73 Å². The van der Waals surface area contributed by atoms with E-state index in [9.17, 15) is 12.8 Å². The highest BCUT2D eigenvalue weighted by Crippen LogP contribution is 2.31. The maximum absolute atomic E-state index is 13.8. The van der Waals surface area contributed by atoms with E-state index in [4.69, 9.17) is 5.73 Å². The Hall–Kier alpha value is -1.47. The molecule has 1 heterocycles. The molecule has 3 rings (SSSR count). The normalized spacial score (nSPS) is 21.8. The highest BCUT2D eigenvalue weighted by atomic mass is 35.5. The molecule has 0 unspecified atom stereocenters. The lowest BCUT2D eigenvalue weighted by atomic mass is 9.95. The number of benzene rings is 2. The Bertz CT molecular complexity index is 771. The van der Waals surface area contributed by atoms with Gasteiger partial charge in [0.25, 0.3) is 0 Å². The van der Waals surface area contributed by atoms with E-state index in [1.54, 1.807) is 0 Å². The zero-order chi connectivity index (χ0) is 15.7. The minimum atomic E-state index is -3.86. The number of halogens is 2. The van der Waals surface area contributed by atoms with Gasteiger partial charge in [-0.25, -0.2) is 12.8 Å². The van der Waals surface area contributed by atoms with Gasteiger partial charge in [0.05, 0.1) is 0 Å². The van der Waals surface area contributed by atoms with E-state index in [0.29, 0.717) is 0 Å². The number of sulfonamides is 1. The summed E-state index contributed by atoms with van der Waals surface area (Å²) in [6.45, 7) is 0.456. The summed E-state index contributed by atoms with van der Waals surface area (Å²) in [5.41, 5.74) is 7.12. The summed E-state index contributed by atoms with van der Waals surface area (Å²) in [4.78, 5) is -0.295. The van der Waals surface area contributed by atoms with Crippen LogP contribution in [0.5, 0.6) is 0 Å². The summed E-state index contributed by atoms with van der Waals surface area (Å²) < 4.78 is 40.3. The van der Waals surface area contributed by atoms with Crippen molar-refractivity contribution in [3.05, 3.63) is 66.0 Å². The van der Waals surface area contributed by atoms with E-state index in [2.05, 4.69) is 0 Å². The molecule has 2 N–H and O–H groups in total. The minimum absolute atomic E-state index is 0. The topological polar surface area (TPSA) is 63.4 Å². The number of nitrogens with two attached hydrogens (primary N) is 1. The Morgan fingerprint density at radius 3 is 2.26 bits per heavy atom. The SMILES string of the molecule is Cl.N[C@@H]1CN(S(=O)(=O)c2ccccc2F)C[C@H]1c1ccccc1. The molecule has 124 valence electrons. The molecule has 0 radical (unpaired) electrons. The highest BCUT2D eigenvalue weighted by Gasteiger charge is 2.39. The molecule has 0 spiro atoms. The zero-order valence-electron chi connectivity index (χ0n) is 12.3. The van der Waals surface area contributed by atoms with Crippen molar-refractivity contribution >= 4 is 22.4 Å². The van der Waals surface area contributed by atoms with Crippen molar-refractivity contribution < 1.29 is 12.8 Å². The molecule has 0 amide bonds. The summed E-state index contributed by atoms with van der Waals surface area (Å²) in [5.74, 6) is -0.818. The first-order chi connectivity index (χ1) is 10.5. The molecule has 2 aromatic carbocycles. The fourth-order valence-corrected chi connectivity index (χ4v) is 4.40. The van der Waals surface area contributed by atoms with Crippen LogP contribution in [0.2, 0.25) is 0 Å². The summed E-state index contributed by atoms with van der Waals surface area (Å²) in [5, 5.41) is 0. The molecule has 1 fully saturated rings. The van der Waals surface area contributed by atoms with E-state index < -0.39 is 15.8 Å². The van der Waals surface area contributed by atoms with Crippen LogP contribution in [0.3, 0.4) is 0 Å². The van der Waals surface area contributed by atoms with Crippen LogP contribution in [0, 0.1) is 5.82 Å². The molecule has 7 heteroatoms. The first-order valence-electron chi connectivity index (χ1n) is 7.05. The number of rotatable bonds is 3. The van der Waals surface area contributed by atoms with Crippen LogP contribution in [0.1, 0.15) is 11.5 Å². The van der Waals surface area contributed by atoms with Gasteiger partial charge in [0.2, 0.25) is 10.0 Å². The molecule has 2 atom stereocenters. The maximum Gasteiger partial charge on any atom is 0.246 e. The number of hydrogen-bond donors (Lipinski definition) is 1. The second kappa shape index (κ2) is 6.97. The third-order valence-electron chi connectivity index (χ3n) is 4.01. The van der Waals surface area contributed by atoms with E-state index >= 15 is 0 Å². The largest absolute Gasteiger partial charge is 0.326 e. The van der Waals surface area contributed by atoms with E-state index in [1.165, 1.54) is 22.5 Å². The van der Waals surface area contributed by atoms with Crippen molar-refractivity contribution in [2.75, 3.05) is 13.1 Å². The van der Waals surface area contributed by atoms with Crippen LogP contribution in [-0.2, 0) is 10.0 Å². The van der Waals surface area contributed by atoms with Crippen LogP contribution in [0.25, 0.3) is 0 Å². The average molecular weight is 357 g/mol. The summed E-state index contributed by atoms with van der Waals surface area (Å²) in [7, 11) is -3.86. The molecule has 23 heavy (non-hydrogen) atoms. The molecule has 4 nitrogen and oxygen atoms in total. The second-order valence-electron chi connectivity index (χ2n) is 5.43. The molecule has 2 aromatic rings. The molecular formula is C16H18ClFN2O2S. The fraction of sp³-hybridized carbons (Fsp3) is 0.250. The van der Waals surface area contributed by atoms with Crippen molar-refractivity contribution in [3.8, 4) is 0 Å². The van der Waals surface area contributed by atoms with Crippen LogP contribution >= 0.6 is 12.4 Å². The van der Waals surface area contributed by atoms with Crippen LogP contribution in [0.15, 0.2) is 59.5 Å². The van der Waals surface area contributed by atoms with Crippen molar-refractivity contribution in [1.82, 2.24) is 4.31 Å². The number of nitrogens with zero attached hydrogens (tertiary/aromatic N) is 1. The molecule has 0 bridgehead atoms. The van der Waals surface area contributed by atoms with Gasteiger partial charge in [0, 0.05) is 25.0 Å². The lowest BCUT2D eigenvalue weighted by Crippen LogP contribution is -2.32. The van der Waals surface area contributed by atoms with Crippen molar-refractivity contribution in [1.29, 1.82) is 0 Å². The van der Waals surface area contributed by atoms with Gasteiger partial charge in [-0.1, -0.05) is 42.5 Å². The second-order valence-corrected chi connectivity index (χ2v) is 7.34. The highest BCUT2D eigenvalue weighted by molar-refractivity contribution is 7.89. The van der Waals surface area contributed by atoms with Gasteiger partial charge in [-0.3, -0.25) is 0 Å². The molecule has 0 saturated carbocycles. The quantitative estimate of drug-likeness (QED) is 0.918. The van der Waals surface area contributed by atoms with Crippen LogP contribution < -0.4 is 5.73 Å². The Labute approximate surface area is 141 Å². The lowest BCUT2D eigenvalue weighted by Gasteiger charge is -2.17. The minimum Gasteiger partial charge on any atom is -0.326 e. The predicted octanol–water partition coefficient (Wildman–Crippen LogP) is 2.36. The van der Waals surface area contributed by atoms with Gasteiger partial charge in [-0.15, -0.1) is 12.4 Å². The van der Waals surface area contributed by atoms with Gasteiger partial charge < -0.3 is 5.73 Å². The van der Waals surface area contributed by atoms with Crippen LogP contribution in [0.4, 0.5) is 4.39 Å². The standard InChI is InChI=1S/C16H17FN2O2S.ClH/c17-14-8-4-5-9-16(14)22(20,21)19-10-13(15(18)11-19)12-6-2-1-3-7-12;/h1-9,13,15H,10-11,18H2;1H/t13-,15+;/m0./s1. The van der Waals surface area contributed by atoms with E-state index in [0.717, 1.165) is 11.6 Å². The Morgan fingerprint density at radius 2 is 1.61 bits per heavy atom. The molecule has 1 saturated heterocycles. The summed E-state index contributed by atoms with van der Waals surface area (Å²) in [6.07, 6.45) is 0. The van der Waals surface area contributed by atoms with Gasteiger partial charge in [-0.2, -0.15) is 4.31 Å². The Morgan fingerprint density at radius 1 is 1.00 bits per heavy atom. The summed E-state index contributed by atoms with van der Waals surface area (Å²) in [6, 6.07) is 14.7. The summed E-state index contributed by atoms with van der Waals surface area (Å²) >= 11 is 0. The maximum atomic E-state index is 13.8. The van der Waals surface area contributed by atoms with Gasteiger partial charge in [-0.05, 0) is 17.7 Å². The monoisotopic (exact) mass is 356 g/mol. The van der Waals surface area contributed by atoms with Gasteiger partial charge in [0.1, 0.15) is 10.7 Å². The molecule has 1 aliphatic heterocycles. The molecule has 0 aromatic heterocycles. The first-order valence-corrected chi connectivity index (χ1v) is 8.49. The third-order valence-corrected chi connectivity index (χ3v) is 5.88. The average Bonchev–Trinajstić information content (AvgIpc) is 2.91. The van der Waals surface area contributed by atoms with E-state index in [-0.39, 0.29) is 42.4 Å². The van der Waals surface area contributed by atoms with Gasteiger partial charge >= 0.3 is 0 Å². The first kappa shape index (κ1) is 17.9. The molecule has 0 aliphatic carbocycles. The van der Waals surface area contributed by atoms with Crippen molar-refractivity contribution in [3.63, 3.8) is 0 Å². The Kier molecular flexibility index (Phi) is 5.41. The smallest absolute Gasteiger partial charge is 0.246 e. The third kappa shape index (κ3) is 3.40. The molecular weight excluding hydrogens is 339 g/mol. The lowest BCUT2D eigenvalue weighted by molar-refractivity contribution is 0.463. The zero-order valence-corrected chi connectivity index (χ0v) is 13.9. The predicted molar refractivity (Wildman–Crippen MR) is 89.6 cm³/mol. The van der Waals surface area contributed by atoms with E-state index in [1.807, 2.05) is 30.3 Å². The van der Waals surface area contributed by atoms with Gasteiger partial charge in [0.15, 0.2) is 0 Å². The number of hydrogen-bond acceptors (Lipinski definition) is 3. The Balaban J connectivity index is 0.00000192. The fourth-order valence-electron chi connectivity index (χ4n) is 2.83. The van der Waals surface area contributed by atoms with Crippen molar-refractivity contribution in [2.45, 2.75) is 16.9 Å².